The predicted octanol–water partition coefficient (Wildman–Crippen LogP) is 5.18. The average molecular weight is 456 g/mol. The Labute approximate surface area is 188 Å². The van der Waals surface area contributed by atoms with Crippen LogP contribution in [0.2, 0.25) is 5.02 Å². The molecule has 8 heteroatoms. The third kappa shape index (κ3) is 3.84. The van der Waals surface area contributed by atoms with Crippen molar-refractivity contribution in [2.24, 2.45) is 0 Å². The van der Waals surface area contributed by atoms with E-state index in [1.165, 1.54) is 18.4 Å². The number of hydrogen-bond donors (Lipinski definition) is 0. The van der Waals surface area contributed by atoms with E-state index < -0.39 is 11.6 Å². The Morgan fingerprint density at radius 1 is 1.00 bits per heavy atom. The second-order valence-corrected chi connectivity index (χ2v) is 8.22. The Morgan fingerprint density at radius 3 is 2.56 bits per heavy atom. The number of amides is 1. The molecule has 1 saturated heterocycles. The summed E-state index contributed by atoms with van der Waals surface area (Å²) in [5, 5.41) is 0.675. The first-order valence-corrected chi connectivity index (χ1v) is 10.7. The molecule has 3 heterocycles. The summed E-state index contributed by atoms with van der Waals surface area (Å²) >= 11 is 6.10. The van der Waals surface area contributed by atoms with Crippen molar-refractivity contribution in [3.63, 3.8) is 0 Å². The lowest BCUT2D eigenvalue weighted by Crippen LogP contribution is -2.49. The lowest BCUT2D eigenvalue weighted by molar-refractivity contribution is 0.0736. The summed E-state index contributed by atoms with van der Waals surface area (Å²) in [4.78, 5) is 17.4. The molecule has 0 spiro atoms. The van der Waals surface area contributed by atoms with Gasteiger partial charge in [-0.25, -0.2) is 8.78 Å². The van der Waals surface area contributed by atoms with Crippen LogP contribution in [0.4, 0.5) is 14.5 Å². The maximum Gasteiger partial charge on any atom is 0.270 e. The van der Waals surface area contributed by atoms with E-state index in [2.05, 4.69) is 4.90 Å². The number of hydrogen-bond acceptors (Lipinski definition) is 3. The zero-order chi connectivity index (χ0) is 22.2. The zero-order valence-corrected chi connectivity index (χ0v) is 17.9. The van der Waals surface area contributed by atoms with Crippen LogP contribution in [0.15, 0.2) is 65.3 Å². The van der Waals surface area contributed by atoms with Gasteiger partial charge >= 0.3 is 0 Å². The third-order valence-electron chi connectivity index (χ3n) is 5.83. The van der Waals surface area contributed by atoms with Gasteiger partial charge in [0.05, 0.1) is 18.3 Å². The Bertz CT molecular complexity index is 1290. The van der Waals surface area contributed by atoms with Crippen LogP contribution >= 0.6 is 11.6 Å². The standard InChI is InChI=1S/C24H20ClF2N3O2/c25-17-2-1-3-19(12-17)28-7-9-29(10-8-28)24(31)22-14-23-21(6-11-32-23)30(22)15-16-4-5-18(26)13-20(16)27/h1-6,11-14H,7-10,15H2. The fourth-order valence-electron chi connectivity index (χ4n) is 4.15. The summed E-state index contributed by atoms with van der Waals surface area (Å²) in [6.45, 7) is 2.54. The molecule has 164 valence electrons. The molecule has 2 aromatic carbocycles. The molecule has 1 amide bonds. The highest BCUT2D eigenvalue weighted by atomic mass is 35.5. The molecule has 0 N–H and O–H groups in total. The number of aromatic nitrogens is 1. The van der Waals surface area contributed by atoms with Crippen LogP contribution in [0, 0.1) is 11.6 Å². The van der Waals surface area contributed by atoms with Crippen LogP contribution in [0.3, 0.4) is 0 Å². The fraction of sp³-hybridized carbons (Fsp3) is 0.208. The smallest absolute Gasteiger partial charge is 0.270 e. The third-order valence-corrected chi connectivity index (χ3v) is 6.06. The van der Waals surface area contributed by atoms with Crippen molar-refractivity contribution in [3.05, 3.63) is 88.8 Å². The number of furan rings is 1. The molecule has 4 aromatic rings. The Balaban J connectivity index is 1.38. The molecule has 0 unspecified atom stereocenters. The maximum atomic E-state index is 14.3. The van der Waals surface area contributed by atoms with Crippen LogP contribution in [0.1, 0.15) is 16.1 Å². The molecular weight excluding hydrogens is 436 g/mol. The normalized spacial score (nSPS) is 14.3. The lowest BCUT2D eigenvalue weighted by atomic mass is 10.2. The van der Waals surface area contributed by atoms with Crippen molar-refractivity contribution in [3.8, 4) is 0 Å². The number of carbonyl (C=O) groups is 1. The van der Waals surface area contributed by atoms with E-state index in [0.717, 1.165) is 11.8 Å². The van der Waals surface area contributed by atoms with Crippen molar-refractivity contribution in [2.75, 3.05) is 31.1 Å². The largest absolute Gasteiger partial charge is 0.463 e. The number of anilines is 1. The van der Waals surface area contributed by atoms with Gasteiger partial charge in [-0.1, -0.05) is 23.7 Å². The summed E-state index contributed by atoms with van der Waals surface area (Å²) in [5.74, 6) is -1.44. The second-order valence-electron chi connectivity index (χ2n) is 7.78. The molecule has 5 nitrogen and oxygen atoms in total. The van der Waals surface area contributed by atoms with Gasteiger partial charge in [-0.15, -0.1) is 0 Å². The van der Waals surface area contributed by atoms with E-state index >= 15 is 0 Å². The van der Waals surface area contributed by atoms with E-state index in [9.17, 15) is 13.6 Å². The molecule has 0 bridgehead atoms. The summed E-state index contributed by atoms with van der Waals surface area (Å²) < 4.78 is 34.8. The zero-order valence-electron chi connectivity index (χ0n) is 17.1. The molecule has 0 radical (unpaired) electrons. The summed E-state index contributed by atoms with van der Waals surface area (Å²) in [5.41, 5.74) is 2.98. The average Bonchev–Trinajstić information content (AvgIpc) is 3.38. The lowest BCUT2D eigenvalue weighted by Gasteiger charge is -2.36. The first-order chi connectivity index (χ1) is 15.5. The van der Waals surface area contributed by atoms with Crippen molar-refractivity contribution in [1.82, 2.24) is 9.47 Å². The number of piperazine rings is 1. The number of rotatable bonds is 4. The quantitative estimate of drug-likeness (QED) is 0.426. The van der Waals surface area contributed by atoms with E-state index in [1.54, 1.807) is 21.6 Å². The molecular formula is C24H20ClF2N3O2. The number of halogens is 3. The van der Waals surface area contributed by atoms with Crippen LogP contribution in [-0.2, 0) is 6.54 Å². The van der Waals surface area contributed by atoms with Crippen molar-refractivity contribution < 1.29 is 18.0 Å². The minimum Gasteiger partial charge on any atom is -0.463 e. The Kier molecular flexibility index (Phi) is 5.35. The van der Waals surface area contributed by atoms with Gasteiger partial charge in [0.1, 0.15) is 17.3 Å². The highest BCUT2D eigenvalue weighted by Crippen LogP contribution is 2.26. The molecule has 0 saturated carbocycles. The van der Waals surface area contributed by atoms with Gasteiger partial charge in [0.15, 0.2) is 5.58 Å². The van der Waals surface area contributed by atoms with Crippen molar-refractivity contribution in [1.29, 1.82) is 0 Å². The van der Waals surface area contributed by atoms with Gasteiger partial charge in [-0.2, -0.15) is 0 Å². The van der Waals surface area contributed by atoms with Gasteiger partial charge < -0.3 is 18.8 Å². The first-order valence-electron chi connectivity index (χ1n) is 10.3. The highest BCUT2D eigenvalue weighted by molar-refractivity contribution is 6.30. The Hall–Kier alpha value is -3.32. The second kappa shape index (κ2) is 8.31. The predicted molar refractivity (Wildman–Crippen MR) is 119 cm³/mol. The molecule has 32 heavy (non-hydrogen) atoms. The van der Waals surface area contributed by atoms with Crippen LogP contribution < -0.4 is 4.90 Å². The van der Waals surface area contributed by atoms with Crippen LogP contribution in [0.25, 0.3) is 11.1 Å². The minimum absolute atomic E-state index is 0.0959. The summed E-state index contributed by atoms with van der Waals surface area (Å²) in [7, 11) is 0. The first kappa shape index (κ1) is 20.6. The van der Waals surface area contributed by atoms with E-state index in [0.29, 0.717) is 53.6 Å². The molecule has 1 fully saturated rings. The van der Waals surface area contributed by atoms with Gasteiger partial charge in [0, 0.05) is 60.7 Å². The number of fused-ring (bicyclic) bond motifs is 1. The molecule has 1 aliphatic heterocycles. The molecule has 2 aromatic heterocycles. The fourth-order valence-corrected chi connectivity index (χ4v) is 4.33. The molecule has 1 aliphatic rings. The van der Waals surface area contributed by atoms with E-state index in [-0.39, 0.29) is 12.5 Å². The highest BCUT2D eigenvalue weighted by Gasteiger charge is 2.26. The molecule has 0 atom stereocenters. The maximum absolute atomic E-state index is 14.3. The number of benzene rings is 2. The molecule has 5 rings (SSSR count). The van der Waals surface area contributed by atoms with Gasteiger partial charge in [-0.3, -0.25) is 4.79 Å². The van der Waals surface area contributed by atoms with E-state index in [1.807, 2.05) is 24.3 Å². The van der Waals surface area contributed by atoms with E-state index in [4.69, 9.17) is 16.0 Å². The van der Waals surface area contributed by atoms with Gasteiger partial charge in [0.2, 0.25) is 0 Å². The van der Waals surface area contributed by atoms with Crippen molar-refractivity contribution >= 4 is 34.3 Å². The Morgan fingerprint density at radius 2 is 1.81 bits per heavy atom. The van der Waals surface area contributed by atoms with Crippen LogP contribution in [0.5, 0.6) is 0 Å². The monoisotopic (exact) mass is 455 g/mol. The number of carbonyl (C=O) groups excluding carboxylic acids is 1. The summed E-state index contributed by atoms with van der Waals surface area (Å²) in [6, 6.07) is 14.5. The SMILES string of the molecule is O=C(c1cc2occc2n1Cc1ccc(F)cc1F)N1CCN(c2cccc(Cl)c2)CC1. The van der Waals surface area contributed by atoms with Gasteiger partial charge in [0.25, 0.3) is 5.91 Å². The van der Waals surface area contributed by atoms with Gasteiger partial charge in [-0.05, 0) is 24.3 Å². The molecule has 0 aliphatic carbocycles. The van der Waals surface area contributed by atoms with Crippen LogP contribution in [-0.4, -0.2) is 41.6 Å². The summed E-state index contributed by atoms with van der Waals surface area (Å²) in [6.07, 6.45) is 1.53. The topological polar surface area (TPSA) is 41.6 Å². The van der Waals surface area contributed by atoms with Crippen molar-refractivity contribution in [2.45, 2.75) is 6.54 Å². The minimum atomic E-state index is -0.649. The number of nitrogens with zero attached hydrogens (tertiary/aromatic N) is 3.